The molecular formula is C24H31N5O3. The van der Waals surface area contributed by atoms with Crippen LogP contribution in [0.4, 0.5) is 5.82 Å². The lowest BCUT2D eigenvalue weighted by molar-refractivity contribution is -0.127. The van der Waals surface area contributed by atoms with E-state index in [1.54, 1.807) is 6.92 Å². The van der Waals surface area contributed by atoms with Crippen molar-refractivity contribution in [3.63, 3.8) is 0 Å². The Hall–Kier alpha value is -2.90. The van der Waals surface area contributed by atoms with E-state index in [1.165, 1.54) is 0 Å². The molecule has 0 unspecified atom stereocenters. The summed E-state index contributed by atoms with van der Waals surface area (Å²) in [5, 5.41) is 3.22. The third-order valence-electron chi connectivity index (χ3n) is 7.16. The molecule has 32 heavy (non-hydrogen) atoms. The molecule has 2 aliphatic heterocycles. The normalized spacial score (nSPS) is 20.2. The Labute approximate surface area is 188 Å². The molecule has 2 aromatic rings. The number of anilines is 1. The quantitative estimate of drug-likeness (QED) is 0.794. The van der Waals surface area contributed by atoms with Gasteiger partial charge in [-0.15, -0.1) is 0 Å². The molecule has 3 aliphatic rings. The average molecular weight is 438 g/mol. The van der Waals surface area contributed by atoms with Gasteiger partial charge in [-0.1, -0.05) is 0 Å². The molecule has 1 atom stereocenters. The van der Waals surface area contributed by atoms with E-state index < -0.39 is 0 Å². The number of furan rings is 1. The molecule has 1 fully saturated rings. The summed E-state index contributed by atoms with van der Waals surface area (Å²) in [6, 6.07) is 0. The SMILES string of the molecule is CNc1nc([C@@H]2CCN(C(C)=O)C2)nc2c1CN(C(=O)c1c(C)oc3c1CCCC3)CC2. The molecule has 0 aromatic carbocycles. The second kappa shape index (κ2) is 8.22. The molecule has 0 bridgehead atoms. The summed E-state index contributed by atoms with van der Waals surface area (Å²) in [5.74, 6) is 3.64. The number of nitrogens with zero attached hydrogens (tertiary/aromatic N) is 4. The highest BCUT2D eigenvalue weighted by Crippen LogP contribution is 2.33. The highest BCUT2D eigenvalue weighted by atomic mass is 16.3. The third-order valence-corrected chi connectivity index (χ3v) is 7.16. The average Bonchev–Trinajstić information content (AvgIpc) is 3.42. The van der Waals surface area contributed by atoms with Gasteiger partial charge in [0.15, 0.2) is 0 Å². The maximum absolute atomic E-state index is 13.5. The van der Waals surface area contributed by atoms with E-state index in [9.17, 15) is 9.59 Å². The van der Waals surface area contributed by atoms with Crippen molar-refractivity contribution in [1.29, 1.82) is 0 Å². The molecular weight excluding hydrogens is 406 g/mol. The molecule has 5 rings (SSSR count). The summed E-state index contributed by atoms with van der Waals surface area (Å²) < 4.78 is 5.95. The number of likely N-dealkylation sites (tertiary alicyclic amines) is 1. The molecule has 4 heterocycles. The van der Waals surface area contributed by atoms with Crippen molar-refractivity contribution >= 4 is 17.6 Å². The molecule has 8 heteroatoms. The minimum atomic E-state index is 0.0547. The van der Waals surface area contributed by atoms with Crippen LogP contribution < -0.4 is 5.32 Å². The molecule has 1 saturated heterocycles. The minimum absolute atomic E-state index is 0.0547. The standard InChI is InChI=1S/C24H31N5O3/c1-14-21(17-6-4-5-7-20(17)32-14)24(31)29-11-9-19-18(13-29)23(25-3)27-22(26-19)16-8-10-28(12-16)15(2)30/h16H,4-13H2,1-3H3,(H,25,26,27)/t16-/m1/s1. The van der Waals surface area contributed by atoms with Crippen molar-refractivity contribution in [2.24, 2.45) is 0 Å². The highest BCUT2D eigenvalue weighted by molar-refractivity contribution is 5.97. The molecule has 8 nitrogen and oxygen atoms in total. The number of hydrogen-bond acceptors (Lipinski definition) is 6. The number of carbonyl (C=O) groups is 2. The number of nitrogens with one attached hydrogen (secondary N) is 1. The van der Waals surface area contributed by atoms with Gasteiger partial charge in [0.2, 0.25) is 5.91 Å². The monoisotopic (exact) mass is 437 g/mol. The van der Waals surface area contributed by atoms with Gasteiger partial charge in [-0.05, 0) is 32.6 Å². The van der Waals surface area contributed by atoms with Crippen LogP contribution in [0.15, 0.2) is 4.42 Å². The first-order valence-electron chi connectivity index (χ1n) is 11.7. The minimum Gasteiger partial charge on any atom is -0.465 e. The molecule has 0 spiro atoms. The van der Waals surface area contributed by atoms with E-state index in [0.717, 1.165) is 84.2 Å². The first kappa shape index (κ1) is 21.0. The van der Waals surface area contributed by atoms with E-state index in [0.29, 0.717) is 26.1 Å². The Bertz CT molecular complexity index is 1060. The topological polar surface area (TPSA) is 91.6 Å². The van der Waals surface area contributed by atoms with Gasteiger partial charge in [-0.3, -0.25) is 9.59 Å². The van der Waals surface area contributed by atoms with Crippen LogP contribution in [0.25, 0.3) is 0 Å². The first-order chi connectivity index (χ1) is 15.5. The zero-order valence-electron chi connectivity index (χ0n) is 19.2. The summed E-state index contributed by atoms with van der Waals surface area (Å²) in [5.41, 5.74) is 3.88. The van der Waals surface area contributed by atoms with Gasteiger partial charge < -0.3 is 19.5 Å². The molecule has 1 aliphatic carbocycles. The third kappa shape index (κ3) is 3.55. The maximum atomic E-state index is 13.5. The fourth-order valence-corrected chi connectivity index (χ4v) is 5.39. The van der Waals surface area contributed by atoms with Crippen LogP contribution in [-0.2, 0) is 30.6 Å². The van der Waals surface area contributed by atoms with E-state index >= 15 is 0 Å². The Morgan fingerprint density at radius 1 is 1.06 bits per heavy atom. The van der Waals surface area contributed by atoms with Crippen molar-refractivity contribution in [2.45, 2.75) is 64.8 Å². The summed E-state index contributed by atoms with van der Waals surface area (Å²) in [6.45, 7) is 6.07. The number of carbonyl (C=O) groups excluding carboxylic acids is 2. The van der Waals surface area contributed by atoms with Gasteiger partial charge >= 0.3 is 0 Å². The van der Waals surface area contributed by atoms with Crippen molar-refractivity contribution < 1.29 is 14.0 Å². The van der Waals surface area contributed by atoms with Crippen molar-refractivity contribution in [3.8, 4) is 0 Å². The largest absolute Gasteiger partial charge is 0.465 e. The number of amides is 2. The van der Waals surface area contributed by atoms with Crippen LogP contribution in [0, 0.1) is 6.92 Å². The van der Waals surface area contributed by atoms with Crippen LogP contribution in [-0.4, -0.2) is 58.3 Å². The second-order valence-electron chi connectivity index (χ2n) is 9.18. The van der Waals surface area contributed by atoms with Crippen LogP contribution >= 0.6 is 0 Å². The summed E-state index contributed by atoms with van der Waals surface area (Å²) in [4.78, 5) is 38.7. The van der Waals surface area contributed by atoms with E-state index in [2.05, 4.69) is 5.32 Å². The molecule has 0 radical (unpaired) electrons. The molecule has 0 saturated carbocycles. The summed E-state index contributed by atoms with van der Waals surface area (Å²) in [7, 11) is 1.86. The second-order valence-corrected chi connectivity index (χ2v) is 9.18. The molecule has 1 N–H and O–H groups in total. The van der Waals surface area contributed by atoms with Crippen molar-refractivity contribution in [3.05, 3.63) is 39.7 Å². The first-order valence-corrected chi connectivity index (χ1v) is 11.7. The zero-order valence-corrected chi connectivity index (χ0v) is 19.2. The molecule has 2 amide bonds. The van der Waals surface area contributed by atoms with E-state index in [1.807, 2.05) is 23.8 Å². The van der Waals surface area contributed by atoms with Gasteiger partial charge in [0, 0.05) is 63.5 Å². The fraction of sp³-hybridized carbons (Fsp3) is 0.583. The number of aryl methyl sites for hydroxylation is 2. The van der Waals surface area contributed by atoms with Gasteiger partial charge in [0.1, 0.15) is 23.2 Å². The Balaban J connectivity index is 1.40. The zero-order chi connectivity index (χ0) is 22.4. The maximum Gasteiger partial charge on any atom is 0.258 e. The van der Waals surface area contributed by atoms with Crippen LogP contribution in [0.2, 0.25) is 0 Å². The van der Waals surface area contributed by atoms with Gasteiger partial charge in [0.25, 0.3) is 5.91 Å². The van der Waals surface area contributed by atoms with Crippen molar-refractivity contribution in [1.82, 2.24) is 19.8 Å². The number of aromatic nitrogens is 2. The smallest absolute Gasteiger partial charge is 0.258 e. The number of hydrogen-bond donors (Lipinski definition) is 1. The van der Waals surface area contributed by atoms with Crippen LogP contribution in [0.3, 0.4) is 0 Å². The summed E-state index contributed by atoms with van der Waals surface area (Å²) >= 11 is 0. The van der Waals surface area contributed by atoms with E-state index in [-0.39, 0.29) is 17.7 Å². The van der Waals surface area contributed by atoms with Gasteiger partial charge in [-0.25, -0.2) is 9.97 Å². The van der Waals surface area contributed by atoms with E-state index in [4.69, 9.17) is 14.4 Å². The number of fused-ring (bicyclic) bond motifs is 2. The lowest BCUT2D eigenvalue weighted by atomic mass is 9.93. The lowest BCUT2D eigenvalue weighted by Gasteiger charge is -2.30. The fourth-order valence-electron chi connectivity index (χ4n) is 5.39. The Morgan fingerprint density at radius 3 is 2.62 bits per heavy atom. The van der Waals surface area contributed by atoms with Crippen molar-refractivity contribution in [2.75, 3.05) is 32.0 Å². The molecule has 2 aromatic heterocycles. The lowest BCUT2D eigenvalue weighted by Crippen LogP contribution is -2.38. The van der Waals surface area contributed by atoms with Gasteiger partial charge in [-0.2, -0.15) is 0 Å². The molecule has 170 valence electrons. The summed E-state index contributed by atoms with van der Waals surface area (Å²) in [6.07, 6.45) is 5.67. The number of rotatable bonds is 3. The van der Waals surface area contributed by atoms with Crippen LogP contribution in [0.1, 0.15) is 76.6 Å². The van der Waals surface area contributed by atoms with Crippen LogP contribution in [0.5, 0.6) is 0 Å². The predicted molar refractivity (Wildman–Crippen MR) is 120 cm³/mol. The highest BCUT2D eigenvalue weighted by Gasteiger charge is 2.33. The predicted octanol–water partition coefficient (Wildman–Crippen LogP) is 2.83. The van der Waals surface area contributed by atoms with Gasteiger partial charge in [0.05, 0.1) is 17.8 Å². The Morgan fingerprint density at radius 2 is 1.88 bits per heavy atom. The Kier molecular flexibility index (Phi) is 5.39.